The van der Waals surface area contributed by atoms with Gasteiger partial charge < -0.3 is 14.6 Å². The highest BCUT2D eigenvalue weighted by Crippen LogP contribution is 2.46. The molecule has 236 valence electrons. The molecule has 1 unspecified atom stereocenters. The van der Waals surface area contributed by atoms with Crippen molar-refractivity contribution in [2.24, 2.45) is 0 Å². The van der Waals surface area contributed by atoms with Crippen molar-refractivity contribution in [3.8, 4) is 11.5 Å². The van der Waals surface area contributed by atoms with Crippen molar-refractivity contribution in [2.45, 2.75) is 42.8 Å². The minimum Gasteiger partial charge on any atom is -0.505 e. The number of benzene rings is 2. The van der Waals surface area contributed by atoms with E-state index in [4.69, 9.17) is 9.47 Å². The van der Waals surface area contributed by atoms with E-state index in [1.807, 2.05) is 6.07 Å². The molecule has 1 atom stereocenters. The fourth-order valence-electron chi connectivity index (χ4n) is 5.26. The first kappa shape index (κ1) is 31.2. The molecule has 13 heteroatoms. The molecule has 1 N–H and O–H groups in total. The highest BCUT2D eigenvalue weighted by molar-refractivity contribution is 8.00. The lowest BCUT2D eigenvalue weighted by Gasteiger charge is -2.23. The molecule has 3 aromatic heterocycles. The Bertz CT molecular complexity index is 1960. The van der Waals surface area contributed by atoms with Crippen molar-refractivity contribution in [2.75, 3.05) is 18.6 Å². The highest BCUT2D eigenvalue weighted by atomic mass is 32.2. The standard InChI is InChI=1S/C33H30FN5O5S2/c1-4-5-16-44-23-14-11-21(17-24(23)43-3)28-26(29(40)27-19(2)35-25-8-6-7-15-38(25)27)30(41)31(42)39(28)32-36-37-33(46-32)45-18-20-9-12-22(34)13-10-20/h6-15,17,28,40H,4-5,16,18H2,1-3H3. The van der Waals surface area contributed by atoms with Crippen LogP contribution in [0.15, 0.2) is 76.8 Å². The number of unbranched alkanes of at least 4 members (excludes halogenated alkanes) is 1. The van der Waals surface area contributed by atoms with E-state index >= 15 is 0 Å². The molecule has 2 aromatic carbocycles. The van der Waals surface area contributed by atoms with Crippen molar-refractivity contribution >= 4 is 51.3 Å². The number of pyridine rings is 1. The molecular weight excluding hydrogens is 630 g/mol. The van der Waals surface area contributed by atoms with Gasteiger partial charge in [0, 0.05) is 11.9 Å². The van der Waals surface area contributed by atoms with Crippen LogP contribution in [-0.2, 0) is 15.3 Å². The van der Waals surface area contributed by atoms with Crippen LogP contribution in [0, 0.1) is 12.7 Å². The van der Waals surface area contributed by atoms with Crippen LogP contribution in [0.4, 0.5) is 9.52 Å². The second-order valence-corrected chi connectivity index (χ2v) is 12.7. The first-order valence-corrected chi connectivity index (χ1v) is 16.4. The van der Waals surface area contributed by atoms with Gasteiger partial charge in [-0.3, -0.25) is 18.9 Å². The number of carbonyl (C=O) groups excluding carboxylic acids is 2. The number of amides is 1. The summed E-state index contributed by atoms with van der Waals surface area (Å²) in [5, 5.41) is 20.6. The van der Waals surface area contributed by atoms with Crippen LogP contribution in [0.1, 0.15) is 48.3 Å². The molecular formula is C33H30FN5O5S2. The number of thioether (sulfide) groups is 1. The van der Waals surface area contributed by atoms with Crippen LogP contribution < -0.4 is 14.4 Å². The third kappa shape index (κ3) is 5.95. The predicted octanol–water partition coefficient (Wildman–Crippen LogP) is 6.74. The SMILES string of the molecule is CCCCOc1ccc(C2C(=C(O)c3c(C)nc4ccccn34)C(=O)C(=O)N2c2nnc(SCc3ccc(F)cc3)s2)cc1OC. The number of aliphatic hydroxyl groups is 1. The topological polar surface area (TPSA) is 119 Å². The Balaban J connectivity index is 1.44. The molecule has 1 aliphatic rings. The lowest BCUT2D eigenvalue weighted by molar-refractivity contribution is -0.132. The predicted molar refractivity (Wildman–Crippen MR) is 174 cm³/mol. The van der Waals surface area contributed by atoms with Crippen LogP contribution in [0.2, 0.25) is 0 Å². The summed E-state index contributed by atoms with van der Waals surface area (Å²) in [6, 6.07) is 15.7. The normalized spacial score (nSPS) is 16.0. The van der Waals surface area contributed by atoms with Gasteiger partial charge in [0.15, 0.2) is 21.6 Å². The van der Waals surface area contributed by atoms with E-state index in [1.54, 1.807) is 60.0 Å². The van der Waals surface area contributed by atoms with E-state index in [0.29, 0.717) is 50.8 Å². The minimum atomic E-state index is -1.06. The number of fused-ring (bicyclic) bond motifs is 1. The summed E-state index contributed by atoms with van der Waals surface area (Å²) in [4.78, 5) is 33.4. The van der Waals surface area contributed by atoms with Gasteiger partial charge in [0.2, 0.25) is 5.13 Å². The third-order valence-electron chi connectivity index (χ3n) is 7.51. The molecule has 0 bridgehead atoms. The number of nitrogens with zero attached hydrogens (tertiary/aromatic N) is 5. The number of rotatable bonds is 11. The van der Waals surface area contributed by atoms with Gasteiger partial charge in [-0.25, -0.2) is 9.37 Å². The molecule has 6 rings (SSSR count). The number of halogens is 1. The monoisotopic (exact) mass is 659 g/mol. The first-order chi connectivity index (χ1) is 22.3. The average Bonchev–Trinajstić information content (AvgIpc) is 3.74. The van der Waals surface area contributed by atoms with Gasteiger partial charge in [0.25, 0.3) is 5.78 Å². The lowest BCUT2D eigenvalue weighted by atomic mass is 9.96. The molecule has 1 aliphatic heterocycles. The van der Waals surface area contributed by atoms with Gasteiger partial charge in [-0.15, -0.1) is 10.2 Å². The summed E-state index contributed by atoms with van der Waals surface area (Å²) >= 11 is 2.52. The van der Waals surface area contributed by atoms with Crippen molar-refractivity contribution in [3.63, 3.8) is 0 Å². The number of imidazole rings is 1. The molecule has 0 saturated carbocycles. The molecule has 4 heterocycles. The Morgan fingerprint density at radius 2 is 1.89 bits per heavy atom. The van der Waals surface area contributed by atoms with Gasteiger partial charge in [0.1, 0.15) is 17.2 Å². The van der Waals surface area contributed by atoms with Crippen LogP contribution in [0.25, 0.3) is 11.4 Å². The van der Waals surface area contributed by atoms with Gasteiger partial charge in [-0.2, -0.15) is 0 Å². The number of hydrogen-bond acceptors (Lipinski definition) is 10. The van der Waals surface area contributed by atoms with Crippen LogP contribution >= 0.6 is 23.1 Å². The van der Waals surface area contributed by atoms with Gasteiger partial charge in [0.05, 0.1) is 31.0 Å². The summed E-state index contributed by atoms with van der Waals surface area (Å²) < 4.78 is 27.1. The number of carbonyl (C=O) groups is 2. The number of aliphatic hydroxyl groups excluding tert-OH is 1. The number of ketones is 1. The van der Waals surface area contributed by atoms with Gasteiger partial charge >= 0.3 is 5.91 Å². The molecule has 46 heavy (non-hydrogen) atoms. The van der Waals surface area contributed by atoms with Crippen LogP contribution in [-0.4, -0.2) is 50.1 Å². The number of anilines is 1. The summed E-state index contributed by atoms with van der Waals surface area (Å²) in [6.45, 7) is 4.30. The largest absolute Gasteiger partial charge is 0.505 e. The van der Waals surface area contributed by atoms with Crippen molar-refractivity contribution in [1.82, 2.24) is 19.6 Å². The number of methoxy groups -OCH3 is 1. The van der Waals surface area contributed by atoms with E-state index in [-0.39, 0.29) is 22.3 Å². The minimum absolute atomic E-state index is 0.115. The lowest BCUT2D eigenvalue weighted by Crippen LogP contribution is -2.29. The van der Waals surface area contributed by atoms with E-state index in [2.05, 4.69) is 22.1 Å². The molecule has 1 amide bonds. The maximum Gasteiger partial charge on any atom is 0.301 e. The van der Waals surface area contributed by atoms with Gasteiger partial charge in [-0.1, -0.05) is 60.7 Å². The Labute approximate surface area is 272 Å². The second-order valence-electron chi connectivity index (χ2n) is 10.5. The fourth-order valence-corrected chi connectivity index (χ4v) is 7.08. The molecule has 0 aliphatic carbocycles. The summed E-state index contributed by atoms with van der Waals surface area (Å²) in [7, 11) is 1.51. The smallest absolute Gasteiger partial charge is 0.301 e. The van der Waals surface area contributed by atoms with Crippen LogP contribution in [0.3, 0.4) is 0 Å². The summed E-state index contributed by atoms with van der Waals surface area (Å²) in [5.74, 6) is -0.972. The first-order valence-electron chi connectivity index (χ1n) is 14.6. The second kappa shape index (κ2) is 13.3. The summed E-state index contributed by atoms with van der Waals surface area (Å²) in [6.07, 6.45) is 3.56. The molecule has 1 saturated heterocycles. The van der Waals surface area contributed by atoms with Gasteiger partial charge in [-0.05, 0) is 60.9 Å². The molecule has 1 fully saturated rings. The number of aromatic nitrogens is 4. The number of ether oxygens (including phenoxy) is 2. The molecule has 0 spiro atoms. The van der Waals surface area contributed by atoms with E-state index in [9.17, 15) is 19.1 Å². The van der Waals surface area contributed by atoms with E-state index in [1.165, 1.54) is 35.9 Å². The number of aryl methyl sites for hydroxylation is 1. The molecule has 10 nitrogen and oxygen atoms in total. The maximum absolute atomic E-state index is 13.8. The summed E-state index contributed by atoms with van der Waals surface area (Å²) in [5.41, 5.74) is 2.65. The zero-order valence-electron chi connectivity index (χ0n) is 25.3. The Kier molecular flexibility index (Phi) is 9.04. The van der Waals surface area contributed by atoms with E-state index in [0.717, 1.165) is 29.7 Å². The van der Waals surface area contributed by atoms with Crippen LogP contribution in [0.5, 0.6) is 11.5 Å². The van der Waals surface area contributed by atoms with E-state index < -0.39 is 17.7 Å². The van der Waals surface area contributed by atoms with Crippen molar-refractivity contribution < 1.29 is 28.6 Å². The van der Waals surface area contributed by atoms with Crippen molar-refractivity contribution in [1.29, 1.82) is 0 Å². The Morgan fingerprint density at radius 3 is 2.65 bits per heavy atom. The maximum atomic E-state index is 13.8. The zero-order valence-corrected chi connectivity index (χ0v) is 26.9. The number of hydrogen-bond donors (Lipinski definition) is 1. The Morgan fingerprint density at radius 1 is 1.09 bits per heavy atom. The Hall–Kier alpha value is -4.75. The molecule has 0 radical (unpaired) electrons. The quantitative estimate of drug-likeness (QED) is 0.0411. The third-order valence-corrected chi connectivity index (χ3v) is 9.64. The fraction of sp³-hybridized carbons (Fsp3) is 0.242. The van der Waals surface area contributed by atoms with Crippen molar-refractivity contribution in [3.05, 3.63) is 101 Å². The molecule has 5 aromatic rings. The average molecular weight is 660 g/mol. The zero-order chi connectivity index (χ0) is 32.4. The highest BCUT2D eigenvalue weighted by Gasteiger charge is 2.49. The number of Topliss-reactive ketones (excluding diaryl/α,β-unsaturated/α-hetero) is 1.